The van der Waals surface area contributed by atoms with Crippen molar-refractivity contribution in [2.24, 2.45) is 5.73 Å². The molecule has 0 aliphatic heterocycles. The van der Waals surface area contributed by atoms with Crippen molar-refractivity contribution in [3.8, 4) is 0 Å². The highest BCUT2D eigenvalue weighted by atomic mass is 32.1. The molecule has 1 heterocycles. The summed E-state index contributed by atoms with van der Waals surface area (Å²) < 4.78 is 4.34. The third kappa shape index (κ3) is 2.92. The van der Waals surface area contributed by atoms with Crippen LogP contribution in [-0.4, -0.2) is 21.4 Å². The van der Waals surface area contributed by atoms with Crippen LogP contribution in [0, 0.1) is 0 Å². The van der Waals surface area contributed by atoms with E-state index in [1.165, 1.54) is 11.5 Å². The maximum Gasteiger partial charge on any atom is 0.202 e. The average molecular weight is 240 g/mol. The lowest BCUT2D eigenvalue weighted by Crippen LogP contribution is -2.32. The first-order chi connectivity index (χ1) is 7.65. The van der Waals surface area contributed by atoms with Gasteiger partial charge in [0.15, 0.2) is 0 Å². The van der Waals surface area contributed by atoms with Gasteiger partial charge in [-0.2, -0.15) is 4.37 Å². The van der Waals surface area contributed by atoms with Crippen LogP contribution in [0.15, 0.2) is 0 Å². The van der Waals surface area contributed by atoms with E-state index in [-0.39, 0.29) is 0 Å². The highest BCUT2D eigenvalue weighted by molar-refractivity contribution is 7.09. The van der Waals surface area contributed by atoms with Crippen LogP contribution in [0.4, 0.5) is 5.13 Å². The van der Waals surface area contributed by atoms with Crippen LogP contribution in [-0.2, 0) is 0 Å². The van der Waals surface area contributed by atoms with Crippen molar-refractivity contribution in [2.45, 2.75) is 57.5 Å². The van der Waals surface area contributed by atoms with Gasteiger partial charge in [-0.3, -0.25) is 0 Å². The van der Waals surface area contributed by atoms with E-state index in [2.05, 4.69) is 28.5 Å². The monoisotopic (exact) mass is 240 g/mol. The zero-order valence-electron chi connectivity index (χ0n) is 9.94. The van der Waals surface area contributed by atoms with Crippen molar-refractivity contribution in [3.05, 3.63) is 5.82 Å². The number of nitrogens with two attached hydrogens (primary N) is 1. The van der Waals surface area contributed by atoms with Gasteiger partial charge in [-0.15, -0.1) is 0 Å². The molecule has 1 aromatic heterocycles. The number of nitrogens with one attached hydrogen (secondary N) is 1. The van der Waals surface area contributed by atoms with E-state index in [1.54, 1.807) is 0 Å². The number of rotatable bonds is 3. The van der Waals surface area contributed by atoms with Gasteiger partial charge in [0.25, 0.3) is 0 Å². The summed E-state index contributed by atoms with van der Waals surface area (Å²) in [6.07, 6.45) is 4.54. The molecule has 0 radical (unpaired) electrons. The second-order valence-corrected chi connectivity index (χ2v) is 5.62. The Morgan fingerprint density at radius 3 is 2.56 bits per heavy atom. The van der Waals surface area contributed by atoms with Crippen LogP contribution in [0.5, 0.6) is 0 Å². The van der Waals surface area contributed by atoms with E-state index < -0.39 is 0 Å². The molecule has 1 aliphatic rings. The van der Waals surface area contributed by atoms with Gasteiger partial charge in [0.2, 0.25) is 5.13 Å². The van der Waals surface area contributed by atoms with E-state index in [0.717, 1.165) is 36.6 Å². The first-order valence-corrected chi connectivity index (χ1v) is 6.78. The minimum atomic E-state index is 0.402. The predicted molar refractivity (Wildman–Crippen MR) is 67.9 cm³/mol. The zero-order chi connectivity index (χ0) is 11.5. The van der Waals surface area contributed by atoms with Gasteiger partial charge in [0.1, 0.15) is 5.82 Å². The lowest BCUT2D eigenvalue weighted by atomic mass is 9.92. The molecule has 0 spiro atoms. The molecule has 0 saturated heterocycles. The summed E-state index contributed by atoms with van der Waals surface area (Å²) in [5.41, 5.74) is 5.88. The van der Waals surface area contributed by atoms with Gasteiger partial charge in [0.05, 0.1) is 0 Å². The Morgan fingerprint density at radius 2 is 2.00 bits per heavy atom. The number of hydrogen-bond acceptors (Lipinski definition) is 5. The van der Waals surface area contributed by atoms with Crippen LogP contribution in [0.2, 0.25) is 0 Å². The van der Waals surface area contributed by atoms with E-state index >= 15 is 0 Å². The summed E-state index contributed by atoms with van der Waals surface area (Å²) in [6.45, 7) is 4.23. The van der Waals surface area contributed by atoms with Gasteiger partial charge in [-0.1, -0.05) is 13.8 Å². The van der Waals surface area contributed by atoms with Crippen LogP contribution >= 0.6 is 11.5 Å². The van der Waals surface area contributed by atoms with Crippen molar-refractivity contribution in [3.63, 3.8) is 0 Å². The van der Waals surface area contributed by atoms with Gasteiger partial charge < -0.3 is 11.1 Å². The smallest absolute Gasteiger partial charge is 0.202 e. The largest absolute Gasteiger partial charge is 0.358 e. The molecular weight excluding hydrogens is 220 g/mol. The summed E-state index contributed by atoms with van der Waals surface area (Å²) in [5, 5.41) is 4.43. The Morgan fingerprint density at radius 1 is 1.31 bits per heavy atom. The van der Waals surface area contributed by atoms with Gasteiger partial charge in [-0.25, -0.2) is 4.98 Å². The van der Waals surface area contributed by atoms with Crippen LogP contribution < -0.4 is 11.1 Å². The number of nitrogens with zero attached hydrogens (tertiary/aromatic N) is 2. The normalized spacial score (nSPS) is 26.0. The first kappa shape index (κ1) is 11.8. The molecule has 4 nitrogen and oxygen atoms in total. The Balaban J connectivity index is 1.88. The Bertz CT molecular complexity index is 328. The molecule has 1 saturated carbocycles. The molecule has 0 aromatic carbocycles. The summed E-state index contributed by atoms with van der Waals surface area (Å²) in [6, 6.07) is 0.937. The molecule has 1 aromatic rings. The molecule has 1 aliphatic carbocycles. The highest BCUT2D eigenvalue weighted by Gasteiger charge is 2.19. The third-order valence-electron chi connectivity index (χ3n) is 3.06. The van der Waals surface area contributed by atoms with E-state index in [9.17, 15) is 0 Å². The Kier molecular flexibility index (Phi) is 3.76. The number of aromatic nitrogens is 2. The second kappa shape index (κ2) is 5.10. The molecule has 16 heavy (non-hydrogen) atoms. The minimum absolute atomic E-state index is 0.402. The summed E-state index contributed by atoms with van der Waals surface area (Å²) in [5.74, 6) is 1.35. The van der Waals surface area contributed by atoms with Gasteiger partial charge in [-0.05, 0) is 25.7 Å². The topological polar surface area (TPSA) is 63.8 Å². The fourth-order valence-electron chi connectivity index (χ4n) is 1.97. The first-order valence-electron chi connectivity index (χ1n) is 6.01. The van der Waals surface area contributed by atoms with Gasteiger partial charge in [0, 0.05) is 29.5 Å². The molecule has 1 fully saturated rings. The highest BCUT2D eigenvalue weighted by Crippen LogP contribution is 2.23. The fourth-order valence-corrected chi connectivity index (χ4v) is 2.75. The fraction of sp³-hybridized carbons (Fsp3) is 0.818. The lowest BCUT2D eigenvalue weighted by molar-refractivity contribution is 0.411. The molecule has 0 atom stereocenters. The van der Waals surface area contributed by atoms with Crippen LogP contribution in [0.1, 0.15) is 51.3 Å². The maximum atomic E-state index is 5.88. The van der Waals surface area contributed by atoms with Crippen LogP contribution in [0.3, 0.4) is 0 Å². The van der Waals surface area contributed by atoms with Crippen molar-refractivity contribution in [1.82, 2.24) is 9.36 Å². The Hall–Kier alpha value is -0.680. The quantitative estimate of drug-likeness (QED) is 0.851. The summed E-state index contributed by atoms with van der Waals surface area (Å²) >= 11 is 1.47. The summed E-state index contributed by atoms with van der Waals surface area (Å²) in [4.78, 5) is 4.49. The predicted octanol–water partition coefficient (Wildman–Crippen LogP) is 2.34. The van der Waals surface area contributed by atoms with E-state index in [1.807, 2.05) is 0 Å². The molecule has 0 unspecified atom stereocenters. The van der Waals surface area contributed by atoms with E-state index in [0.29, 0.717) is 18.0 Å². The standard InChI is InChI=1S/C11H20N4S/c1-7(2)10-14-11(16-15-10)13-9-5-3-8(12)4-6-9/h7-9H,3-6,12H2,1-2H3,(H,13,14,15). The number of anilines is 1. The van der Waals surface area contributed by atoms with Crippen molar-refractivity contribution in [2.75, 3.05) is 5.32 Å². The SMILES string of the molecule is CC(C)c1nsc(NC2CCC(N)CC2)n1. The lowest BCUT2D eigenvalue weighted by Gasteiger charge is -2.26. The second-order valence-electron chi connectivity index (χ2n) is 4.87. The molecule has 3 N–H and O–H groups in total. The number of hydrogen-bond donors (Lipinski definition) is 2. The average Bonchev–Trinajstić information content (AvgIpc) is 2.70. The molecule has 0 amide bonds. The van der Waals surface area contributed by atoms with Crippen LogP contribution in [0.25, 0.3) is 0 Å². The van der Waals surface area contributed by atoms with Crippen molar-refractivity contribution in [1.29, 1.82) is 0 Å². The minimum Gasteiger partial charge on any atom is -0.358 e. The molecule has 2 rings (SSSR count). The molecule has 0 bridgehead atoms. The maximum absolute atomic E-state index is 5.88. The van der Waals surface area contributed by atoms with Gasteiger partial charge >= 0.3 is 0 Å². The summed E-state index contributed by atoms with van der Waals surface area (Å²) in [7, 11) is 0. The molecular formula is C11H20N4S. The van der Waals surface area contributed by atoms with E-state index in [4.69, 9.17) is 5.73 Å². The van der Waals surface area contributed by atoms with Crippen molar-refractivity contribution >= 4 is 16.7 Å². The van der Waals surface area contributed by atoms with Crippen molar-refractivity contribution < 1.29 is 0 Å². The zero-order valence-corrected chi connectivity index (χ0v) is 10.8. The molecule has 90 valence electrons. The third-order valence-corrected chi connectivity index (χ3v) is 3.72. The molecule has 5 heteroatoms. The Labute approximate surface area is 101 Å².